The molecular formula is C11H16N2O. The van der Waals surface area contributed by atoms with Gasteiger partial charge < -0.3 is 10.0 Å². The maximum Gasteiger partial charge on any atom is 0.128 e. The third kappa shape index (κ3) is 1.87. The van der Waals surface area contributed by atoms with Gasteiger partial charge in [0, 0.05) is 19.3 Å². The number of aromatic nitrogens is 1. The summed E-state index contributed by atoms with van der Waals surface area (Å²) in [6, 6.07) is 4.14. The molecule has 3 nitrogen and oxygen atoms in total. The SMILES string of the molecule is CCc1ccc(N2CC[C@@H](O)C2)nc1. The van der Waals surface area contributed by atoms with E-state index in [2.05, 4.69) is 22.9 Å². The van der Waals surface area contributed by atoms with E-state index in [9.17, 15) is 5.11 Å². The summed E-state index contributed by atoms with van der Waals surface area (Å²) in [5.74, 6) is 0.985. The first-order valence-corrected chi connectivity index (χ1v) is 5.17. The second kappa shape index (κ2) is 3.96. The Balaban J connectivity index is 2.09. The van der Waals surface area contributed by atoms with Gasteiger partial charge in [-0.2, -0.15) is 0 Å². The van der Waals surface area contributed by atoms with Crippen LogP contribution < -0.4 is 4.90 Å². The van der Waals surface area contributed by atoms with Gasteiger partial charge in [0.15, 0.2) is 0 Å². The average Bonchev–Trinajstić information content (AvgIpc) is 2.65. The molecule has 2 rings (SSSR count). The minimum atomic E-state index is -0.178. The number of β-amino-alcohol motifs (C(OH)–C–C–N with tert-alkyl or cyclic N) is 1. The van der Waals surface area contributed by atoms with Crippen LogP contribution in [0, 0.1) is 0 Å². The number of pyridine rings is 1. The zero-order chi connectivity index (χ0) is 9.97. The Labute approximate surface area is 84.4 Å². The number of rotatable bonds is 2. The van der Waals surface area contributed by atoms with Gasteiger partial charge in [-0.15, -0.1) is 0 Å². The molecule has 0 spiro atoms. The standard InChI is InChI=1S/C11H16N2O/c1-2-9-3-4-11(12-7-9)13-6-5-10(14)8-13/h3-4,7,10,14H,2,5-6,8H2,1H3/t10-/m1/s1. The Morgan fingerprint density at radius 1 is 1.57 bits per heavy atom. The summed E-state index contributed by atoms with van der Waals surface area (Å²) in [5, 5.41) is 9.39. The second-order valence-electron chi connectivity index (χ2n) is 3.77. The Kier molecular flexibility index (Phi) is 2.68. The van der Waals surface area contributed by atoms with E-state index in [0.717, 1.165) is 31.7 Å². The summed E-state index contributed by atoms with van der Waals surface area (Å²) in [5.41, 5.74) is 1.26. The van der Waals surface area contributed by atoms with Crippen LogP contribution in [0.3, 0.4) is 0 Å². The molecule has 0 amide bonds. The molecule has 76 valence electrons. The molecule has 3 heteroatoms. The molecule has 1 aliphatic rings. The molecule has 1 aromatic rings. The number of anilines is 1. The highest BCUT2D eigenvalue weighted by atomic mass is 16.3. The zero-order valence-corrected chi connectivity index (χ0v) is 8.48. The van der Waals surface area contributed by atoms with Gasteiger partial charge in [0.25, 0.3) is 0 Å². The number of nitrogens with zero attached hydrogens (tertiary/aromatic N) is 2. The van der Waals surface area contributed by atoms with Crippen LogP contribution >= 0.6 is 0 Å². The summed E-state index contributed by atoms with van der Waals surface area (Å²) in [4.78, 5) is 6.51. The highest BCUT2D eigenvalue weighted by Crippen LogP contribution is 2.17. The molecule has 1 saturated heterocycles. The van der Waals surface area contributed by atoms with Crippen LogP contribution in [0.5, 0.6) is 0 Å². The maximum absolute atomic E-state index is 9.39. The number of aliphatic hydroxyl groups is 1. The lowest BCUT2D eigenvalue weighted by molar-refractivity contribution is 0.198. The fourth-order valence-electron chi connectivity index (χ4n) is 1.76. The summed E-state index contributed by atoms with van der Waals surface area (Å²) in [7, 11) is 0. The first kappa shape index (κ1) is 9.46. The number of aryl methyl sites for hydroxylation is 1. The first-order valence-electron chi connectivity index (χ1n) is 5.17. The van der Waals surface area contributed by atoms with Gasteiger partial charge in [-0.25, -0.2) is 4.98 Å². The normalized spacial score (nSPS) is 21.6. The third-order valence-corrected chi connectivity index (χ3v) is 2.70. The van der Waals surface area contributed by atoms with Crippen molar-refractivity contribution < 1.29 is 5.11 Å². The van der Waals surface area contributed by atoms with E-state index >= 15 is 0 Å². The van der Waals surface area contributed by atoms with Crippen molar-refractivity contribution in [1.82, 2.24) is 4.98 Å². The Morgan fingerprint density at radius 3 is 2.93 bits per heavy atom. The van der Waals surface area contributed by atoms with Crippen LogP contribution in [-0.4, -0.2) is 29.3 Å². The Morgan fingerprint density at radius 2 is 2.43 bits per heavy atom. The Hall–Kier alpha value is -1.09. The molecule has 14 heavy (non-hydrogen) atoms. The molecule has 0 bridgehead atoms. The van der Waals surface area contributed by atoms with E-state index in [1.54, 1.807) is 0 Å². The molecule has 0 radical (unpaired) electrons. The van der Waals surface area contributed by atoms with Crippen molar-refractivity contribution in [3.8, 4) is 0 Å². The summed E-state index contributed by atoms with van der Waals surface area (Å²) in [6.07, 6.45) is 3.62. The lowest BCUT2D eigenvalue weighted by Gasteiger charge is -2.16. The van der Waals surface area contributed by atoms with Crippen LogP contribution in [-0.2, 0) is 6.42 Å². The van der Waals surface area contributed by atoms with Crippen molar-refractivity contribution >= 4 is 5.82 Å². The molecule has 0 saturated carbocycles. The average molecular weight is 192 g/mol. The summed E-state index contributed by atoms with van der Waals surface area (Å²) < 4.78 is 0. The van der Waals surface area contributed by atoms with E-state index in [1.807, 2.05) is 12.3 Å². The minimum Gasteiger partial charge on any atom is -0.391 e. The van der Waals surface area contributed by atoms with E-state index < -0.39 is 0 Å². The number of hydrogen-bond donors (Lipinski definition) is 1. The van der Waals surface area contributed by atoms with Gasteiger partial charge in [0.05, 0.1) is 6.10 Å². The molecule has 1 N–H and O–H groups in total. The summed E-state index contributed by atoms with van der Waals surface area (Å²) in [6.45, 7) is 3.76. The van der Waals surface area contributed by atoms with Gasteiger partial charge in [-0.3, -0.25) is 0 Å². The summed E-state index contributed by atoms with van der Waals surface area (Å²) >= 11 is 0. The predicted octanol–water partition coefficient (Wildman–Crippen LogP) is 1.21. The highest BCUT2D eigenvalue weighted by molar-refractivity contribution is 5.40. The molecule has 0 aromatic carbocycles. The van der Waals surface area contributed by atoms with E-state index in [1.165, 1.54) is 5.56 Å². The molecule has 1 aromatic heterocycles. The number of aliphatic hydroxyl groups excluding tert-OH is 1. The van der Waals surface area contributed by atoms with Gasteiger partial charge in [0.1, 0.15) is 5.82 Å². The van der Waals surface area contributed by atoms with E-state index in [-0.39, 0.29) is 6.10 Å². The molecule has 0 aliphatic carbocycles. The van der Waals surface area contributed by atoms with Gasteiger partial charge in [-0.05, 0) is 24.5 Å². The smallest absolute Gasteiger partial charge is 0.128 e. The second-order valence-corrected chi connectivity index (χ2v) is 3.77. The number of hydrogen-bond acceptors (Lipinski definition) is 3. The molecule has 1 aliphatic heterocycles. The van der Waals surface area contributed by atoms with Crippen molar-refractivity contribution in [2.45, 2.75) is 25.9 Å². The van der Waals surface area contributed by atoms with Gasteiger partial charge >= 0.3 is 0 Å². The fraction of sp³-hybridized carbons (Fsp3) is 0.545. The zero-order valence-electron chi connectivity index (χ0n) is 8.48. The largest absolute Gasteiger partial charge is 0.391 e. The molecule has 2 heterocycles. The van der Waals surface area contributed by atoms with Crippen molar-refractivity contribution in [1.29, 1.82) is 0 Å². The minimum absolute atomic E-state index is 0.178. The van der Waals surface area contributed by atoms with Gasteiger partial charge in [-0.1, -0.05) is 13.0 Å². The fourth-order valence-corrected chi connectivity index (χ4v) is 1.76. The maximum atomic E-state index is 9.39. The lowest BCUT2D eigenvalue weighted by atomic mass is 10.2. The molecule has 1 fully saturated rings. The van der Waals surface area contributed by atoms with Crippen molar-refractivity contribution in [2.24, 2.45) is 0 Å². The van der Waals surface area contributed by atoms with Gasteiger partial charge in [0.2, 0.25) is 0 Å². The van der Waals surface area contributed by atoms with Crippen molar-refractivity contribution in [2.75, 3.05) is 18.0 Å². The monoisotopic (exact) mass is 192 g/mol. The third-order valence-electron chi connectivity index (χ3n) is 2.70. The van der Waals surface area contributed by atoms with Crippen LogP contribution in [0.4, 0.5) is 5.82 Å². The van der Waals surface area contributed by atoms with E-state index in [4.69, 9.17) is 0 Å². The first-order chi connectivity index (χ1) is 6.79. The quantitative estimate of drug-likeness (QED) is 0.765. The molecule has 1 atom stereocenters. The predicted molar refractivity (Wildman–Crippen MR) is 56.5 cm³/mol. The topological polar surface area (TPSA) is 36.4 Å². The molecular weight excluding hydrogens is 176 g/mol. The highest BCUT2D eigenvalue weighted by Gasteiger charge is 2.20. The van der Waals surface area contributed by atoms with Crippen LogP contribution in [0.25, 0.3) is 0 Å². The van der Waals surface area contributed by atoms with Crippen molar-refractivity contribution in [3.05, 3.63) is 23.9 Å². The van der Waals surface area contributed by atoms with Crippen LogP contribution in [0.1, 0.15) is 18.9 Å². The van der Waals surface area contributed by atoms with E-state index in [0.29, 0.717) is 0 Å². The lowest BCUT2D eigenvalue weighted by Crippen LogP contribution is -2.22. The van der Waals surface area contributed by atoms with Crippen LogP contribution in [0.15, 0.2) is 18.3 Å². The Bertz CT molecular complexity index is 297. The molecule has 0 unspecified atom stereocenters. The van der Waals surface area contributed by atoms with Crippen LogP contribution in [0.2, 0.25) is 0 Å². The van der Waals surface area contributed by atoms with Crippen molar-refractivity contribution in [3.63, 3.8) is 0 Å².